The Hall–Kier alpha value is -1.34. The SMILES string of the molecule is Cl.Cl.N[C@@H]1CCC[C@H]1CC(=O)Nc1cccc(NC(=O)CN2CCCCCC2)c1. The smallest absolute Gasteiger partial charge is 0.238 e. The van der Waals surface area contributed by atoms with Gasteiger partial charge in [0.05, 0.1) is 6.54 Å². The predicted molar refractivity (Wildman–Crippen MR) is 123 cm³/mol. The standard InChI is InChI=1S/C21H32N4O2.2ClH/c22-19-10-5-7-16(19)13-20(26)23-17-8-6-9-18(14-17)24-21(27)15-25-11-3-1-2-4-12-25;;/h6,8-9,14,16,19H,1-5,7,10-13,15,22H2,(H,23,26)(H,24,27);2*1H/t16-,19+;;/m0../s1. The lowest BCUT2D eigenvalue weighted by molar-refractivity contribution is -0.118. The molecule has 3 rings (SSSR count). The molecule has 4 N–H and O–H groups in total. The third-order valence-electron chi connectivity index (χ3n) is 5.66. The van der Waals surface area contributed by atoms with Crippen molar-refractivity contribution in [3.8, 4) is 0 Å². The van der Waals surface area contributed by atoms with Gasteiger partial charge in [0.25, 0.3) is 0 Å². The molecule has 8 heteroatoms. The highest BCUT2D eigenvalue weighted by atomic mass is 35.5. The maximum atomic E-state index is 12.3. The molecule has 0 bridgehead atoms. The Kier molecular flexibility index (Phi) is 11.6. The average Bonchev–Trinajstić information content (AvgIpc) is 2.87. The molecule has 2 amide bonds. The van der Waals surface area contributed by atoms with Gasteiger partial charge in [-0.05, 0) is 62.9 Å². The van der Waals surface area contributed by atoms with Crippen molar-refractivity contribution in [2.24, 2.45) is 11.7 Å². The summed E-state index contributed by atoms with van der Waals surface area (Å²) in [5.74, 6) is 0.268. The van der Waals surface area contributed by atoms with Crippen molar-refractivity contribution in [1.29, 1.82) is 0 Å². The maximum absolute atomic E-state index is 12.3. The van der Waals surface area contributed by atoms with Gasteiger partial charge in [0.1, 0.15) is 0 Å². The summed E-state index contributed by atoms with van der Waals surface area (Å²) < 4.78 is 0. The second kappa shape index (κ2) is 13.1. The van der Waals surface area contributed by atoms with Crippen molar-refractivity contribution in [3.05, 3.63) is 24.3 Å². The Morgan fingerprint density at radius 3 is 2.14 bits per heavy atom. The van der Waals surface area contributed by atoms with Gasteiger partial charge in [-0.2, -0.15) is 0 Å². The van der Waals surface area contributed by atoms with Crippen molar-refractivity contribution in [1.82, 2.24) is 4.90 Å². The van der Waals surface area contributed by atoms with E-state index >= 15 is 0 Å². The number of nitrogens with zero attached hydrogens (tertiary/aromatic N) is 1. The van der Waals surface area contributed by atoms with Crippen molar-refractivity contribution >= 4 is 48.0 Å². The zero-order chi connectivity index (χ0) is 19.1. The van der Waals surface area contributed by atoms with Gasteiger partial charge in [-0.3, -0.25) is 14.5 Å². The van der Waals surface area contributed by atoms with E-state index in [2.05, 4.69) is 15.5 Å². The highest BCUT2D eigenvalue weighted by Crippen LogP contribution is 2.27. The van der Waals surface area contributed by atoms with Gasteiger partial charge in [-0.25, -0.2) is 0 Å². The van der Waals surface area contributed by atoms with Crippen LogP contribution in [0.3, 0.4) is 0 Å². The molecular formula is C21H34Cl2N4O2. The Balaban J connectivity index is 0.00000210. The molecule has 0 unspecified atom stereocenters. The van der Waals surface area contributed by atoms with Crippen LogP contribution in [0, 0.1) is 5.92 Å². The molecule has 2 atom stereocenters. The van der Waals surface area contributed by atoms with Crippen LogP contribution < -0.4 is 16.4 Å². The van der Waals surface area contributed by atoms with Gasteiger partial charge in [-0.15, -0.1) is 24.8 Å². The molecule has 0 radical (unpaired) electrons. The zero-order valence-corrected chi connectivity index (χ0v) is 18.5. The number of carbonyl (C=O) groups excluding carboxylic acids is 2. The minimum absolute atomic E-state index is 0. The van der Waals surface area contributed by atoms with E-state index in [-0.39, 0.29) is 48.6 Å². The molecule has 1 aliphatic carbocycles. The first-order valence-electron chi connectivity index (χ1n) is 10.3. The summed E-state index contributed by atoms with van der Waals surface area (Å²) in [6, 6.07) is 7.49. The lowest BCUT2D eigenvalue weighted by Crippen LogP contribution is -2.33. The second-order valence-corrected chi connectivity index (χ2v) is 7.93. The fourth-order valence-corrected chi connectivity index (χ4v) is 4.14. The number of carbonyl (C=O) groups is 2. The number of hydrogen-bond donors (Lipinski definition) is 3. The van der Waals surface area contributed by atoms with E-state index in [0.717, 1.165) is 32.4 Å². The van der Waals surface area contributed by atoms with Crippen LogP contribution in [-0.4, -0.2) is 42.4 Å². The van der Waals surface area contributed by atoms with Gasteiger partial charge < -0.3 is 16.4 Å². The summed E-state index contributed by atoms with van der Waals surface area (Å²) in [5.41, 5.74) is 7.48. The number of hydrogen-bond acceptors (Lipinski definition) is 4. The quantitative estimate of drug-likeness (QED) is 0.622. The number of likely N-dealkylation sites (tertiary alicyclic amines) is 1. The highest BCUT2D eigenvalue weighted by Gasteiger charge is 2.26. The zero-order valence-electron chi connectivity index (χ0n) is 16.9. The van der Waals surface area contributed by atoms with Crippen LogP contribution in [-0.2, 0) is 9.59 Å². The summed E-state index contributed by atoms with van der Waals surface area (Å²) in [7, 11) is 0. The number of halogens is 2. The average molecular weight is 445 g/mol. The summed E-state index contributed by atoms with van der Waals surface area (Å²) in [6.45, 7) is 2.41. The Morgan fingerprint density at radius 1 is 0.931 bits per heavy atom. The number of amides is 2. The molecule has 1 saturated heterocycles. The summed E-state index contributed by atoms with van der Waals surface area (Å²) in [6.07, 6.45) is 8.46. The third kappa shape index (κ3) is 8.51. The van der Waals surface area contributed by atoms with Crippen molar-refractivity contribution < 1.29 is 9.59 Å². The number of benzene rings is 1. The molecule has 2 aliphatic rings. The number of nitrogens with two attached hydrogens (primary N) is 1. The van der Waals surface area contributed by atoms with Crippen LogP contribution >= 0.6 is 24.8 Å². The molecular weight excluding hydrogens is 411 g/mol. The third-order valence-corrected chi connectivity index (χ3v) is 5.66. The van der Waals surface area contributed by atoms with Crippen LogP contribution in [0.1, 0.15) is 51.4 Å². The monoisotopic (exact) mass is 444 g/mol. The molecule has 164 valence electrons. The molecule has 2 fully saturated rings. The molecule has 29 heavy (non-hydrogen) atoms. The van der Waals surface area contributed by atoms with E-state index in [1.807, 2.05) is 24.3 Å². The fraction of sp³-hybridized carbons (Fsp3) is 0.619. The van der Waals surface area contributed by atoms with Gasteiger partial charge >= 0.3 is 0 Å². The van der Waals surface area contributed by atoms with E-state index in [1.54, 1.807) is 0 Å². The van der Waals surface area contributed by atoms with Crippen LogP contribution in [0.25, 0.3) is 0 Å². The van der Waals surface area contributed by atoms with E-state index in [4.69, 9.17) is 5.73 Å². The first kappa shape index (κ1) is 25.7. The summed E-state index contributed by atoms with van der Waals surface area (Å²) in [5, 5.41) is 5.89. The molecule has 0 aromatic heterocycles. The minimum Gasteiger partial charge on any atom is -0.327 e. The van der Waals surface area contributed by atoms with Crippen LogP contribution in [0.5, 0.6) is 0 Å². The van der Waals surface area contributed by atoms with E-state index < -0.39 is 0 Å². The topological polar surface area (TPSA) is 87.5 Å². The highest BCUT2D eigenvalue weighted by molar-refractivity contribution is 5.95. The lowest BCUT2D eigenvalue weighted by Gasteiger charge is -2.19. The van der Waals surface area contributed by atoms with Crippen molar-refractivity contribution in [2.75, 3.05) is 30.3 Å². The first-order valence-corrected chi connectivity index (χ1v) is 10.3. The largest absolute Gasteiger partial charge is 0.327 e. The van der Waals surface area contributed by atoms with Crippen molar-refractivity contribution in [2.45, 2.75) is 57.4 Å². The van der Waals surface area contributed by atoms with Gasteiger partial charge in [0.15, 0.2) is 0 Å². The van der Waals surface area contributed by atoms with E-state index in [0.29, 0.717) is 24.3 Å². The molecule has 1 saturated carbocycles. The number of rotatable bonds is 6. The molecule has 1 aliphatic heterocycles. The van der Waals surface area contributed by atoms with Crippen LogP contribution in [0.15, 0.2) is 24.3 Å². The van der Waals surface area contributed by atoms with Gasteiger partial charge in [0, 0.05) is 23.8 Å². The Labute approximate surface area is 186 Å². The second-order valence-electron chi connectivity index (χ2n) is 7.93. The van der Waals surface area contributed by atoms with Gasteiger partial charge in [-0.1, -0.05) is 25.3 Å². The maximum Gasteiger partial charge on any atom is 0.238 e. The number of anilines is 2. The predicted octanol–water partition coefficient (Wildman–Crippen LogP) is 3.80. The summed E-state index contributed by atoms with van der Waals surface area (Å²) >= 11 is 0. The Bertz CT molecular complexity index is 651. The minimum atomic E-state index is -0.00890. The first-order chi connectivity index (χ1) is 13.1. The number of nitrogens with one attached hydrogen (secondary N) is 2. The van der Waals surface area contributed by atoms with E-state index in [9.17, 15) is 9.59 Å². The molecule has 1 aromatic carbocycles. The fourth-order valence-electron chi connectivity index (χ4n) is 4.14. The van der Waals surface area contributed by atoms with Crippen LogP contribution in [0.2, 0.25) is 0 Å². The lowest BCUT2D eigenvalue weighted by atomic mass is 10.00. The molecule has 0 spiro atoms. The van der Waals surface area contributed by atoms with Gasteiger partial charge in [0.2, 0.25) is 11.8 Å². The molecule has 1 heterocycles. The molecule has 1 aromatic rings. The normalized spacial score (nSPS) is 22.0. The molecule has 6 nitrogen and oxygen atoms in total. The van der Waals surface area contributed by atoms with E-state index in [1.165, 1.54) is 25.7 Å². The Morgan fingerprint density at radius 2 is 1.55 bits per heavy atom. The summed E-state index contributed by atoms with van der Waals surface area (Å²) in [4.78, 5) is 26.8. The van der Waals surface area contributed by atoms with Crippen LogP contribution in [0.4, 0.5) is 11.4 Å². The van der Waals surface area contributed by atoms with Crippen molar-refractivity contribution in [3.63, 3.8) is 0 Å².